The molecule has 0 bridgehead atoms. The molecule has 0 radical (unpaired) electrons. The highest BCUT2D eigenvalue weighted by atomic mass is 35.5. The first-order valence-corrected chi connectivity index (χ1v) is 6.13. The first-order valence-electron chi connectivity index (χ1n) is 4.98. The number of hydrogen-bond acceptors (Lipinski definition) is 6. The van der Waals surface area contributed by atoms with Crippen LogP contribution in [0.25, 0.3) is 0 Å². The molecular weight excluding hydrogens is 290 g/mol. The summed E-state index contributed by atoms with van der Waals surface area (Å²) in [7, 11) is 0. The number of nitrogens with one attached hydrogen (secondary N) is 1. The number of anilines is 1. The highest BCUT2D eigenvalue weighted by Crippen LogP contribution is 2.22. The van der Waals surface area contributed by atoms with E-state index in [-0.39, 0.29) is 5.84 Å². The summed E-state index contributed by atoms with van der Waals surface area (Å²) < 4.78 is 3.59. The summed E-state index contributed by atoms with van der Waals surface area (Å²) in [6.45, 7) is 0. The van der Waals surface area contributed by atoms with E-state index in [2.05, 4.69) is 20.1 Å². The molecule has 0 aliphatic heterocycles. The Hall–Kier alpha value is -2.19. The summed E-state index contributed by atoms with van der Waals surface area (Å²) in [6, 6.07) is 4.61. The summed E-state index contributed by atoms with van der Waals surface area (Å²) in [4.78, 5) is 12.2. The Labute approximate surface area is 116 Å². The molecule has 1 aromatic carbocycles. The van der Waals surface area contributed by atoms with Gasteiger partial charge in [-0.2, -0.15) is 0 Å². The number of carbonyl (C=O) groups is 1. The molecule has 4 N–H and O–H groups in total. The van der Waals surface area contributed by atoms with Gasteiger partial charge >= 0.3 is 0 Å². The molecule has 1 aromatic heterocycles. The van der Waals surface area contributed by atoms with Crippen LogP contribution >= 0.6 is 23.1 Å². The average molecular weight is 298 g/mol. The lowest BCUT2D eigenvalue weighted by Crippen LogP contribution is -2.18. The number of aromatic nitrogens is 2. The van der Waals surface area contributed by atoms with Crippen molar-refractivity contribution in [2.45, 2.75) is 0 Å². The van der Waals surface area contributed by atoms with Gasteiger partial charge in [-0.05, 0) is 29.7 Å². The summed E-state index contributed by atoms with van der Waals surface area (Å²) >= 11 is 6.81. The molecule has 2 aromatic rings. The fraction of sp³-hybridized carbons (Fsp3) is 0. The topological polar surface area (TPSA) is 113 Å². The number of amides is 1. The minimum absolute atomic E-state index is 0.130. The number of amidine groups is 1. The number of oxime groups is 1. The Bertz CT molecular complexity index is 629. The van der Waals surface area contributed by atoms with E-state index in [0.717, 1.165) is 11.5 Å². The Morgan fingerprint density at radius 2 is 2.32 bits per heavy atom. The average Bonchev–Trinajstić information content (AvgIpc) is 2.92. The largest absolute Gasteiger partial charge is 0.409 e. The number of halogens is 1. The zero-order chi connectivity index (χ0) is 13.8. The lowest BCUT2D eigenvalue weighted by Gasteiger charge is -2.09. The van der Waals surface area contributed by atoms with Gasteiger partial charge in [0.15, 0.2) is 5.84 Å². The van der Waals surface area contributed by atoms with E-state index in [1.54, 1.807) is 6.07 Å². The van der Waals surface area contributed by atoms with E-state index in [0.29, 0.717) is 21.2 Å². The maximum Gasteiger partial charge on any atom is 0.269 e. The van der Waals surface area contributed by atoms with E-state index >= 15 is 0 Å². The van der Waals surface area contributed by atoms with Crippen molar-refractivity contribution in [1.29, 1.82) is 0 Å². The normalized spacial score (nSPS) is 11.3. The zero-order valence-electron chi connectivity index (χ0n) is 9.37. The van der Waals surface area contributed by atoms with Gasteiger partial charge in [0.25, 0.3) is 5.91 Å². The predicted octanol–water partition coefficient (Wildman–Crippen LogP) is 1.54. The molecule has 0 aliphatic carbocycles. The second kappa shape index (κ2) is 5.63. The fourth-order valence-electron chi connectivity index (χ4n) is 1.35. The second-order valence-electron chi connectivity index (χ2n) is 3.41. The maximum absolute atomic E-state index is 11.9. The number of nitrogens with zero attached hydrogens (tertiary/aromatic N) is 3. The van der Waals surface area contributed by atoms with E-state index in [1.807, 2.05) is 0 Å². The van der Waals surface area contributed by atoms with E-state index in [4.69, 9.17) is 22.5 Å². The van der Waals surface area contributed by atoms with Crippen molar-refractivity contribution in [1.82, 2.24) is 9.59 Å². The quantitative estimate of drug-likeness (QED) is 0.344. The standard InChI is InChI=1S/C10H8ClN5O2S/c11-5-1-2-6(9(12)15-18)7(3-5)14-10(17)8-4-13-16-19-8/h1-4,18H,(H2,12,15)(H,14,17). The molecule has 0 fully saturated rings. The monoisotopic (exact) mass is 297 g/mol. The number of rotatable bonds is 3. The minimum atomic E-state index is -0.399. The van der Waals surface area contributed by atoms with Gasteiger partial charge in [-0.3, -0.25) is 4.79 Å². The van der Waals surface area contributed by atoms with Gasteiger partial charge in [0, 0.05) is 10.6 Å². The van der Waals surface area contributed by atoms with Gasteiger partial charge in [-0.1, -0.05) is 21.2 Å². The molecule has 1 amide bonds. The van der Waals surface area contributed by atoms with Crippen molar-refractivity contribution in [3.8, 4) is 0 Å². The molecule has 0 atom stereocenters. The number of benzene rings is 1. The Morgan fingerprint density at radius 1 is 1.53 bits per heavy atom. The minimum Gasteiger partial charge on any atom is -0.409 e. The molecule has 0 spiro atoms. The van der Waals surface area contributed by atoms with Crippen LogP contribution in [0, 0.1) is 0 Å². The Kier molecular flexibility index (Phi) is 3.93. The molecule has 7 nitrogen and oxygen atoms in total. The van der Waals surface area contributed by atoms with Crippen molar-refractivity contribution >= 4 is 40.6 Å². The van der Waals surface area contributed by atoms with Crippen LogP contribution in [0.15, 0.2) is 29.6 Å². The van der Waals surface area contributed by atoms with Crippen LogP contribution in [0.3, 0.4) is 0 Å². The molecule has 1 heterocycles. The first-order chi connectivity index (χ1) is 9.11. The number of nitrogens with two attached hydrogens (primary N) is 1. The van der Waals surface area contributed by atoms with Crippen molar-refractivity contribution in [2.24, 2.45) is 10.9 Å². The maximum atomic E-state index is 11.9. The summed E-state index contributed by atoms with van der Waals surface area (Å²) in [5.74, 6) is -0.529. The van der Waals surface area contributed by atoms with E-state index in [1.165, 1.54) is 18.3 Å². The predicted molar refractivity (Wildman–Crippen MR) is 71.8 cm³/mol. The Balaban J connectivity index is 2.33. The first kappa shape index (κ1) is 13.2. The fourth-order valence-corrected chi connectivity index (χ4v) is 1.93. The van der Waals surface area contributed by atoms with Crippen molar-refractivity contribution in [3.63, 3.8) is 0 Å². The van der Waals surface area contributed by atoms with Gasteiger partial charge in [-0.15, -0.1) is 5.10 Å². The van der Waals surface area contributed by atoms with Crippen LogP contribution in [0.4, 0.5) is 5.69 Å². The molecule has 19 heavy (non-hydrogen) atoms. The highest BCUT2D eigenvalue weighted by molar-refractivity contribution is 7.07. The van der Waals surface area contributed by atoms with Crippen LogP contribution < -0.4 is 11.1 Å². The van der Waals surface area contributed by atoms with Crippen molar-refractivity contribution < 1.29 is 10.0 Å². The lowest BCUT2D eigenvalue weighted by atomic mass is 10.1. The van der Waals surface area contributed by atoms with Gasteiger partial charge in [0.1, 0.15) is 4.88 Å². The smallest absolute Gasteiger partial charge is 0.269 e. The molecule has 2 rings (SSSR count). The summed E-state index contributed by atoms with van der Waals surface area (Å²) in [6.07, 6.45) is 1.34. The van der Waals surface area contributed by atoms with Crippen LogP contribution in [0.1, 0.15) is 15.2 Å². The molecule has 98 valence electrons. The van der Waals surface area contributed by atoms with Crippen molar-refractivity contribution in [2.75, 3.05) is 5.32 Å². The van der Waals surface area contributed by atoms with E-state index in [9.17, 15) is 4.79 Å². The van der Waals surface area contributed by atoms with Crippen LogP contribution in [0.5, 0.6) is 0 Å². The van der Waals surface area contributed by atoms with E-state index < -0.39 is 5.91 Å². The number of carbonyl (C=O) groups excluding carboxylic acids is 1. The molecule has 0 saturated heterocycles. The molecule has 9 heteroatoms. The lowest BCUT2D eigenvalue weighted by molar-refractivity contribution is 0.103. The second-order valence-corrected chi connectivity index (χ2v) is 4.63. The van der Waals surface area contributed by atoms with Gasteiger partial charge in [0.2, 0.25) is 0 Å². The number of hydrogen-bond donors (Lipinski definition) is 3. The van der Waals surface area contributed by atoms with Gasteiger partial charge in [-0.25, -0.2) is 0 Å². The zero-order valence-corrected chi connectivity index (χ0v) is 10.9. The Morgan fingerprint density at radius 3 is 2.95 bits per heavy atom. The molecule has 0 unspecified atom stereocenters. The van der Waals surface area contributed by atoms with Crippen LogP contribution in [0.2, 0.25) is 5.02 Å². The molecule has 0 saturated carbocycles. The van der Waals surface area contributed by atoms with Crippen LogP contribution in [-0.4, -0.2) is 26.5 Å². The summed E-state index contributed by atoms with van der Waals surface area (Å²) in [5.41, 5.74) is 6.22. The van der Waals surface area contributed by atoms with Crippen LogP contribution in [-0.2, 0) is 0 Å². The van der Waals surface area contributed by atoms with Gasteiger partial charge in [0.05, 0.1) is 11.9 Å². The third kappa shape index (κ3) is 2.98. The third-order valence-corrected chi connectivity index (χ3v) is 3.10. The summed E-state index contributed by atoms with van der Waals surface area (Å²) in [5, 5.41) is 18.2. The third-order valence-electron chi connectivity index (χ3n) is 2.20. The highest BCUT2D eigenvalue weighted by Gasteiger charge is 2.13. The molecular formula is C10H8ClN5O2S. The van der Waals surface area contributed by atoms with Gasteiger partial charge < -0.3 is 16.3 Å². The van der Waals surface area contributed by atoms with Crippen molar-refractivity contribution in [3.05, 3.63) is 39.9 Å². The SMILES string of the molecule is NC(=NO)c1ccc(Cl)cc1NC(=O)c1cnns1. The molecule has 0 aliphatic rings.